The second-order valence-electron chi connectivity index (χ2n) is 3.39. The number of rotatable bonds is 5. The number of ketones is 1. The summed E-state index contributed by atoms with van der Waals surface area (Å²) >= 11 is 0. The van der Waals surface area contributed by atoms with Crippen molar-refractivity contribution in [3.8, 4) is 0 Å². The number of ether oxygens (including phenoxy) is 1. The van der Waals surface area contributed by atoms with Crippen LogP contribution in [0.4, 0.5) is 11.4 Å². The Kier molecular flexibility index (Phi) is 4.85. The molecule has 11 nitrogen and oxygen atoms in total. The number of esters is 1. The molecule has 21 heavy (non-hydrogen) atoms. The van der Waals surface area contributed by atoms with Gasteiger partial charge in [-0.2, -0.15) is 4.79 Å². The first-order valence-corrected chi connectivity index (χ1v) is 5.15. The summed E-state index contributed by atoms with van der Waals surface area (Å²) < 4.78 is 4.24. The molecule has 1 aromatic rings. The van der Waals surface area contributed by atoms with Crippen molar-refractivity contribution in [3.05, 3.63) is 49.9 Å². The highest BCUT2D eigenvalue weighted by Crippen LogP contribution is 2.31. The van der Waals surface area contributed by atoms with Crippen molar-refractivity contribution in [2.45, 2.75) is 0 Å². The van der Waals surface area contributed by atoms with Gasteiger partial charge in [0.1, 0.15) is 5.69 Å². The Bertz CT molecular complexity index is 729. The average Bonchev–Trinajstić information content (AvgIpc) is 2.47. The number of hydrogen-bond donors (Lipinski definition) is 0. The molecule has 0 N–H and O–H groups in total. The molecule has 0 aliphatic heterocycles. The summed E-state index contributed by atoms with van der Waals surface area (Å²) in [5.41, 5.74) is 14.4. The molecule has 0 heterocycles. The fourth-order valence-electron chi connectivity index (χ4n) is 1.41. The Balaban J connectivity index is 3.57. The van der Waals surface area contributed by atoms with Gasteiger partial charge in [-0.05, 0) is 11.6 Å². The highest BCUT2D eigenvalue weighted by molar-refractivity contribution is 6.66. The van der Waals surface area contributed by atoms with E-state index in [1.54, 1.807) is 0 Å². The average molecular weight is 290 g/mol. The van der Waals surface area contributed by atoms with Crippen LogP contribution in [0.2, 0.25) is 0 Å². The fourth-order valence-corrected chi connectivity index (χ4v) is 1.41. The van der Waals surface area contributed by atoms with Gasteiger partial charge in [0.2, 0.25) is 0 Å². The Morgan fingerprint density at radius 1 is 1.38 bits per heavy atom. The third-order valence-corrected chi connectivity index (χ3v) is 2.29. The molecule has 0 aliphatic carbocycles. The molecule has 106 valence electrons. The van der Waals surface area contributed by atoms with E-state index in [4.69, 9.17) is 11.1 Å². The Hall–Kier alpha value is -3.55. The van der Waals surface area contributed by atoms with Gasteiger partial charge in [0.25, 0.3) is 11.5 Å². The summed E-state index contributed by atoms with van der Waals surface area (Å²) in [6.45, 7) is 0. The molecule has 0 amide bonds. The molecule has 0 atom stereocenters. The van der Waals surface area contributed by atoms with Gasteiger partial charge in [-0.15, -0.1) is 0 Å². The van der Waals surface area contributed by atoms with Crippen molar-refractivity contribution in [1.82, 2.24) is 0 Å². The minimum absolute atomic E-state index is 0.472. The van der Waals surface area contributed by atoms with Gasteiger partial charge in [0, 0.05) is 16.5 Å². The van der Waals surface area contributed by atoms with Crippen LogP contribution in [0.3, 0.4) is 0 Å². The number of nitro benzene ring substituents is 1. The van der Waals surface area contributed by atoms with Crippen LogP contribution in [-0.2, 0) is 9.53 Å². The highest BCUT2D eigenvalue weighted by atomic mass is 16.6. The summed E-state index contributed by atoms with van der Waals surface area (Å²) in [7, 11) is 0.947. The second kappa shape index (κ2) is 6.57. The van der Waals surface area contributed by atoms with E-state index in [1.165, 1.54) is 0 Å². The Morgan fingerprint density at radius 3 is 2.52 bits per heavy atom. The summed E-state index contributed by atoms with van der Waals surface area (Å²) in [6.07, 6.45) is 0. The molecule has 0 aromatic heterocycles. The zero-order valence-electron chi connectivity index (χ0n) is 10.5. The summed E-state index contributed by atoms with van der Waals surface area (Å²) in [6, 6.07) is 3.23. The van der Waals surface area contributed by atoms with Crippen LogP contribution in [0.5, 0.6) is 0 Å². The third-order valence-electron chi connectivity index (χ3n) is 2.29. The SMILES string of the molecule is COC(=O)C(=[N+]=[N-])C(=O)c1cccc([N+](=O)[O-])c1N=[N+]=[N-]. The first kappa shape index (κ1) is 15.5. The van der Waals surface area contributed by atoms with E-state index in [0.29, 0.717) is 0 Å². The minimum Gasteiger partial charge on any atom is -0.460 e. The lowest BCUT2D eigenvalue weighted by Gasteiger charge is -2.02. The van der Waals surface area contributed by atoms with Crippen LogP contribution < -0.4 is 0 Å². The van der Waals surface area contributed by atoms with E-state index >= 15 is 0 Å². The number of azide groups is 1. The maximum Gasteiger partial charge on any atom is 0.446 e. The summed E-state index contributed by atoms with van der Waals surface area (Å²) in [5.74, 6) is -2.43. The number of carbonyl (C=O) groups excluding carboxylic acids is 2. The number of hydrogen-bond acceptors (Lipinski definition) is 6. The summed E-state index contributed by atoms with van der Waals surface area (Å²) in [5, 5.41) is 13.9. The number of carbonyl (C=O) groups is 2. The molecular weight excluding hydrogens is 284 g/mol. The van der Waals surface area contributed by atoms with Gasteiger partial charge >= 0.3 is 11.7 Å². The molecule has 0 aliphatic rings. The van der Waals surface area contributed by atoms with E-state index in [-0.39, 0.29) is 0 Å². The van der Waals surface area contributed by atoms with E-state index in [0.717, 1.165) is 25.3 Å². The van der Waals surface area contributed by atoms with Crippen LogP contribution in [-0.4, -0.2) is 34.3 Å². The van der Waals surface area contributed by atoms with Crippen molar-refractivity contribution in [1.29, 1.82) is 0 Å². The van der Waals surface area contributed by atoms with Crippen molar-refractivity contribution in [2.75, 3.05) is 7.11 Å². The van der Waals surface area contributed by atoms with Gasteiger partial charge in [0.15, 0.2) is 0 Å². The van der Waals surface area contributed by atoms with Gasteiger partial charge in [0.05, 0.1) is 12.0 Å². The monoisotopic (exact) mass is 290 g/mol. The smallest absolute Gasteiger partial charge is 0.446 e. The van der Waals surface area contributed by atoms with Gasteiger partial charge in [-0.3, -0.25) is 14.9 Å². The quantitative estimate of drug-likeness (QED) is 0.0919. The van der Waals surface area contributed by atoms with Crippen molar-refractivity contribution < 1.29 is 24.0 Å². The topological polar surface area (TPSA) is 172 Å². The minimum atomic E-state index is -1.25. The molecule has 1 rings (SSSR count). The van der Waals surface area contributed by atoms with E-state index in [9.17, 15) is 19.7 Å². The molecule has 0 bridgehead atoms. The first-order chi connectivity index (χ1) is 9.97. The van der Waals surface area contributed by atoms with E-state index in [2.05, 4.69) is 19.6 Å². The normalized spacial score (nSPS) is 9.00. The predicted molar refractivity (Wildman–Crippen MR) is 66.9 cm³/mol. The lowest BCUT2D eigenvalue weighted by atomic mass is 10.0. The standard InChI is InChI=1S/C10H6N6O5/c1-21-10(18)8(13-11)9(17)5-3-2-4-6(16(19)20)7(5)14-15-12/h2-4H,1H3. The Morgan fingerprint density at radius 2 is 2.05 bits per heavy atom. The maximum atomic E-state index is 12.0. The van der Waals surface area contributed by atoms with Crippen molar-refractivity contribution >= 4 is 28.8 Å². The zero-order valence-corrected chi connectivity index (χ0v) is 10.5. The summed E-state index contributed by atoms with van der Waals surface area (Å²) in [4.78, 5) is 38.2. The van der Waals surface area contributed by atoms with Crippen LogP contribution in [0.25, 0.3) is 16.0 Å². The molecule has 0 fully saturated rings. The fraction of sp³-hybridized carbons (Fsp3) is 0.100. The van der Waals surface area contributed by atoms with Crippen LogP contribution in [0, 0.1) is 10.1 Å². The first-order valence-electron chi connectivity index (χ1n) is 5.15. The van der Waals surface area contributed by atoms with Gasteiger partial charge in [-0.1, -0.05) is 11.2 Å². The molecule has 0 saturated heterocycles. The van der Waals surface area contributed by atoms with Crippen LogP contribution in [0.1, 0.15) is 10.4 Å². The van der Waals surface area contributed by atoms with E-state index in [1.807, 2.05) is 0 Å². The Labute approximate surface area is 116 Å². The second-order valence-corrected chi connectivity index (χ2v) is 3.39. The number of Topliss-reactive ketones (excluding diaryl/α,β-unsaturated/α-hetero) is 1. The molecular formula is C10H6N6O5. The lowest BCUT2D eigenvalue weighted by molar-refractivity contribution is -0.384. The number of methoxy groups -OCH3 is 1. The number of benzene rings is 1. The van der Waals surface area contributed by atoms with Gasteiger partial charge < -0.3 is 10.3 Å². The molecule has 1 aromatic carbocycles. The molecule has 0 spiro atoms. The van der Waals surface area contributed by atoms with Crippen LogP contribution in [0.15, 0.2) is 23.3 Å². The molecule has 0 radical (unpaired) electrons. The highest BCUT2D eigenvalue weighted by Gasteiger charge is 2.34. The lowest BCUT2D eigenvalue weighted by Crippen LogP contribution is -2.26. The van der Waals surface area contributed by atoms with Crippen LogP contribution >= 0.6 is 0 Å². The maximum absolute atomic E-state index is 12.0. The number of nitro groups is 1. The largest absolute Gasteiger partial charge is 0.460 e. The van der Waals surface area contributed by atoms with Gasteiger partial charge in [-0.25, -0.2) is 4.79 Å². The third kappa shape index (κ3) is 3.07. The zero-order chi connectivity index (χ0) is 16.0. The van der Waals surface area contributed by atoms with Crippen molar-refractivity contribution in [3.63, 3.8) is 0 Å². The van der Waals surface area contributed by atoms with Crippen molar-refractivity contribution in [2.24, 2.45) is 5.11 Å². The molecule has 0 unspecified atom stereocenters. The molecule has 11 heteroatoms. The van der Waals surface area contributed by atoms with E-state index < -0.39 is 39.3 Å². The predicted octanol–water partition coefficient (Wildman–Crippen LogP) is 1.56. The molecule has 0 saturated carbocycles. The number of nitrogens with zero attached hydrogens (tertiary/aromatic N) is 6.